The van der Waals surface area contributed by atoms with Crippen molar-refractivity contribution in [2.75, 3.05) is 32.7 Å². The second kappa shape index (κ2) is 19.8. The fraction of sp³-hybridized carbons (Fsp3) is 0.478. The zero-order valence-corrected chi connectivity index (χ0v) is 31.7. The Balaban J connectivity index is 1.45. The monoisotopic (exact) mass is 689 g/mol. The largest absolute Gasteiger partial charge is 0.508 e. The van der Waals surface area contributed by atoms with Gasteiger partial charge in [0.15, 0.2) is 0 Å². The smallest absolute Gasteiger partial charge is 0.120 e. The van der Waals surface area contributed by atoms with Crippen LogP contribution in [0.4, 0.5) is 0 Å². The average Bonchev–Trinajstić information content (AvgIpc) is 3.42. The van der Waals surface area contributed by atoms with Crippen LogP contribution in [0.5, 0.6) is 11.5 Å². The lowest BCUT2D eigenvalue weighted by Gasteiger charge is -2.34. The Kier molecular flexibility index (Phi) is 15.0. The van der Waals surface area contributed by atoms with E-state index in [1.54, 1.807) is 0 Å². The van der Waals surface area contributed by atoms with Gasteiger partial charge in [-0.1, -0.05) is 113 Å². The zero-order valence-electron chi connectivity index (χ0n) is 31.7. The van der Waals surface area contributed by atoms with Crippen LogP contribution in [0.2, 0.25) is 0 Å². The number of phenols is 2. The highest BCUT2D eigenvalue weighted by Gasteiger charge is 2.31. The molecule has 1 aliphatic heterocycles. The van der Waals surface area contributed by atoms with E-state index in [9.17, 15) is 10.2 Å². The first-order valence-electron chi connectivity index (χ1n) is 19.8. The van der Waals surface area contributed by atoms with E-state index in [1.807, 2.05) is 12.1 Å². The predicted octanol–water partition coefficient (Wildman–Crippen LogP) is 10.3. The molecule has 0 saturated carbocycles. The highest BCUT2D eigenvalue weighted by Crippen LogP contribution is 2.40. The first-order valence-corrected chi connectivity index (χ1v) is 19.8. The van der Waals surface area contributed by atoms with E-state index in [0.29, 0.717) is 11.5 Å². The lowest BCUT2D eigenvalue weighted by Crippen LogP contribution is -2.29. The van der Waals surface area contributed by atoms with Gasteiger partial charge in [0.1, 0.15) is 11.5 Å². The van der Waals surface area contributed by atoms with Gasteiger partial charge in [-0.2, -0.15) is 0 Å². The fourth-order valence-corrected chi connectivity index (χ4v) is 7.86. The van der Waals surface area contributed by atoms with Crippen LogP contribution in [-0.4, -0.2) is 57.6 Å². The van der Waals surface area contributed by atoms with Gasteiger partial charge in [0.05, 0.1) is 0 Å². The van der Waals surface area contributed by atoms with Crippen LogP contribution >= 0.6 is 0 Å². The Bertz CT molecular complexity index is 1540. The molecule has 0 radical (unpaired) electrons. The molecule has 5 nitrogen and oxygen atoms in total. The molecule has 5 rings (SSSR count). The maximum absolute atomic E-state index is 11.2. The van der Waals surface area contributed by atoms with E-state index in [1.165, 1.54) is 47.9 Å². The van der Waals surface area contributed by atoms with Crippen molar-refractivity contribution in [2.24, 2.45) is 0 Å². The predicted molar refractivity (Wildman–Crippen MR) is 213 cm³/mol. The number of benzene rings is 4. The Hall–Kier alpha value is -3.64. The van der Waals surface area contributed by atoms with Gasteiger partial charge in [-0.15, -0.1) is 0 Å². The van der Waals surface area contributed by atoms with Crippen molar-refractivity contribution in [3.8, 4) is 11.5 Å². The van der Waals surface area contributed by atoms with Gasteiger partial charge in [-0.3, -0.25) is 14.7 Å². The molecule has 1 unspecified atom stereocenters. The number of nitrogens with zero attached hydrogens (tertiary/aromatic N) is 3. The molecule has 5 heteroatoms. The molecule has 51 heavy (non-hydrogen) atoms. The van der Waals surface area contributed by atoms with Crippen LogP contribution in [0.1, 0.15) is 112 Å². The van der Waals surface area contributed by atoms with E-state index >= 15 is 0 Å². The van der Waals surface area contributed by atoms with Gasteiger partial charge in [0, 0.05) is 42.7 Å². The summed E-state index contributed by atoms with van der Waals surface area (Å²) in [5.41, 5.74) is 6.83. The van der Waals surface area contributed by atoms with Crippen LogP contribution in [-0.2, 0) is 31.6 Å². The molecular weight excluding hydrogens is 627 g/mol. The summed E-state index contributed by atoms with van der Waals surface area (Å²) in [6.45, 7) is 15.4. The van der Waals surface area contributed by atoms with Crippen LogP contribution < -0.4 is 0 Å². The Morgan fingerprint density at radius 2 is 1.14 bits per heavy atom. The normalized spacial score (nSPS) is 15.2. The SMILES string of the molecule is CCCCN(CCC)Cc1cc(C(C)(CCCN(Cc2ccccc2)Cc2ccccc2)c2ccc(O)c(CN3CCCCCC3)c2)ccc1O. The maximum Gasteiger partial charge on any atom is 0.120 e. The maximum atomic E-state index is 11.2. The molecule has 1 heterocycles. The van der Waals surface area contributed by atoms with Crippen molar-refractivity contribution in [1.29, 1.82) is 0 Å². The summed E-state index contributed by atoms with van der Waals surface area (Å²) < 4.78 is 0. The number of likely N-dealkylation sites (tertiary alicyclic amines) is 1. The van der Waals surface area contributed by atoms with E-state index in [-0.39, 0.29) is 5.41 Å². The summed E-state index contributed by atoms with van der Waals surface area (Å²) >= 11 is 0. The standard InChI is InChI=1S/C46H63N3O2/c1-4-6-28-47(27-5-2)36-40-32-42(22-24-44(40)50)46(3,43-23-25-45(51)41(33-43)37-48-29-15-7-8-16-30-48)26-17-31-49(34-38-18-11-9-12-19-38)35-39-20-13-10-14-21-39/h9-14,18-25,32-33,50-51H,4-8,15-17,26-31,34-37H2,1-3H3. The minimum Gasteiger partial charge on any atom is -0.508 e. The van der Waals surface area contributed by atoms with E-state index in [4.69, 9.17) is 0 Å². The molecule has 0 spiro atoms. The third-order valence-electron chi connectivity index (χ3n) is 10.9. The van der Waals surface area contributed by atoms with Crippen molar-refractivity contribution in [1.82, 2.24) is 14.7 Å². The lowest BCUT2D eigenvalue weighted by molar-refractivity contribution is 0.244. The Morgan fingerprint density at radius 1 is 0.588 bits per heavy atom. The second-order valence-corrected chi connectivity index (χ2v) is 15.1. The molecule has 274 valence electrons. The van der Waals surface area contributed by atoms with Gasteiger partial charge in [-0.05, 0) is 118 Å². The van der Waals surface area contributed by atoms with Crippen LogP contribution in [0.25, 0.3) is 0 Å². The van der Waals surface area contributed by atoms with E-state index < -0.39 is 0 Å². The quantitative estimate of drug-likeness (QED) is 0.103. The molecule has 2 N–H and O–H groups in total. The number of hydrogen-bond donors (Lipinski definition) is 2. The zero-order chi connectivity index (χ0) is 35.9. The van der Waals surface area contributed by atoms with Crippen molar-refractivity contribution < 1.29 is 10.2 Å². The topological polar surface area (TPSA) is 50.2 Å². The number of rotatable bonds is 19. The molecule has 4 aromatic carbocycles. The highest BCUT2D eigenvalue weighted by molar-refractivity contribution is 5.47. The summed E-state index contributed by atoms with van der Waals surface area (Å²) in [6, 6.07) is 34.3. The van der Waals surface area contributed by atoms with Gasteiger partial charge in [0.25, 0.3) is 0 Å². The Morgan fingerprint density at radius 3 is 1.71 bits per heavy atom. The number of unbranched alkanes of at least 4 members (excludes halogenated alkanes) is 1. The van der Waals surface area contributed by atoms with Gasteiger partial charge < -0.3 is 10.2 Å². The van der Waals surface area contributed by atoms with Crippen molar-refractivity contribution in [2.45, 2.75) is 110 Å². The number of phenolic OH excluding ortho intramolecular Hbond substituents is 2. The molecule has 1 fully saturated rings. The highest BCUT2D eigenvalue weighted by atomic mass is 16.3. The first kappa shape index (κ1) is 38.6. The molecule has 0 amide bonds. The fourth-order valence-electron chi connectivity index (χ4n) is 7.86. The molecule has 0 aromatic heterocycles. The summed E-state index contributed by atoms with van der Waals surface area (Å²) in [5.74, 6) is 0.767. The molecule has 1 atom stereocenters. The molecule has 1 aliphatic rings. The van der Waals surface area contributed by atoms with Crippen LogP contribution in [0.3, 0.4) is 0 Å². The molecule has 0 bridgehead atoms. The average molecular weight is 690 g/mol. The minimum atomic E-state index is -0.312. The second-order valence-electron chi connectivity index (χ2n) is 15.1. The summed E-state index contributed by atoms with van der Waals surface area (Å²) in [5, 5.41) is 22.3. The van der Waals surface area contributed by atoms with Crippen molar-refractivity contribution >= 4 is 0 Å². The minimum absolute atomic E-state index is 0.312. The van der Waals surface area contributed by atoms with Gasteiger partial charge in [-0.25, -0.2) is 0 Å². The number of hydrogen-bond acceptors (Lipinski definition) is 5. The van der Waals surface area contributed by atoms with Crippen molar-refractivity contribution in [3.05, 3.63) is 130 Å². The molecule has 0 aliphatic carbocycles. The summed E-state index contributed by atoms with van der Waals surface area (Å²) in [4.78, 5) is 7.58. The molecule has 4 aromatic rings. The third-order valence-corrected chi connectivity index (χ3v) is 10.9. The third kappa shape index (κ3) is 11.4. The Labute approximate surface area is 308 Å². The van der Waals surface area contributed by atoms with Gasteiger partial charge >= 0.3 is 0 Å². The van der Waals surface area contributed by atoms with Gasteiger partial charge in [0.2, 0.25) is 0 Å². The van der Waals surface area contributed by atoms with Crippen LogP contribution in [0, 0.1) is 0 Å². The van der Waals surface area contributed by atoms with E-state index in [0.717, 1.165) is 102 Å². The number of aromatic hydroxyl groups is 2. The summed E-state index contributed by atoms with van der Waals surface area (Å²) in [7, 11) is 0. The summed E-state index contributed by atoms with van der Waals surface area (Å²) in [6.07, 6.45) is 10.4. The molecule has 1 saturated heterocycles. The van der Waals surface area contributed by atoms with Crippen LogP contribution in [0.15, 0.2) is 97.1 Å². The molecular formula is C46H63N3O2. The van der Waals surface area contributed by atoms with Crippen molar-refractivity contribution in [3.63, 3.8) is 0 Å². The first-order chi connectivity index (χ1) is 24.9. The van der Waals surface area contributed by atoms with E-state index in [2.05, 4.69) is 120 Å². The lowest BCUT2D eigenvalue weighted by atomic mass is 9.72.